The van der Waals surface area contributed by atoms with Crippen molar-refractivity contribution in [3.8, 4) is 17.2 Å². The highest BCUT2D eigenvalue weighted by molar-refractivity contribution is 6.30. The molecule has 0 aliphatic carbocycles. The summed E-state index contributed by atoms with van der Waals surface area (Å²) in [5.74, 6) is 0.743. The van der Waals surface area contributed by atoms with Crippen molar-refractivity contribution in [3.05, 3.63) is 89.0 Å². The Labute approximate surface area is 174 Å². The quantitative estimate of drug-likeness (QED) is 0.520. The third-order valence-electron chi connectivity index (χ3n) is 4.10. The number of halogens is 1. The molecule has 3 rings (SSSR count). The standard InChI is InChI=1S/C23H20ClNO4/c1-28-22-11-9-16(13-21(22)26)10-12-23(27)25-20-8-3-2-5-17(20)15-29-19-7-4-6-18(24)14-19/h2-14,26H,15H2,1H3,(H,25,27). The number of benzene rings is 3. The van der Waals surface area contributed by atoms with E-state index in [1.807, 2.05) is 36.4 Å². The zero-order chi connectivity index (χ0) is 20.6. The SMILES string of the molecule is COc1ccc(C=CC(=O)Nc2ccccc2COc2cccc(Cl)c2)cc1O. The lowest BCUT2D eigenvalue weighted by atomic mass is 10.1. The van der Waals surface area contributed by atoms with Crippen LogP contribution in [0.3, 0.4) is 0 Å². The Bertz CT molecular complexity index is 1030. The number of rotatable bonds is 7. The normalized spacial score (nSPS) is 10.7. The summed E-state index contributed by atoms with van der Waals surface area (Å²) in [6, 6.07) is 19.4. The first kappa shape index (κ1) is 20.3. The second-order valence-electron chi connectivity index (χ2n) is 6.16. The predicted molar refractivity (Wildman–Crippen MR) is 115 cm³/mol. The number of hydrogen-bond donors (Lipinski definition) is 2. The molecular weight excluding hydrogens is 390 g/mol. The Morgan fingerprint density at radius 1 is 1.10 bits per heavy atom. The van der Waals surface area contributed by atoms with Crippen LogP contribution >= 0.6 is 11.6 Å². The van der Waals surface area contributed by atoms with Crippen molar-refractivity contribution in [2.75, 3.05) is 12.4 Å². The fraction of sp³-hybridized carbons (Fsp3) is 0.0870. The van der Waals surface area contributed by atoms with E-state index in [1.54, 1.807) is 30.3 Å². The zero-order valence-corrected chi connectivity index (χ0v) is 16.5. The number of phenols is 1. The van der Waals surface area contributed by atoms with E-state index in [0.717, 1.165) is 5.56 Å². The summed E-state index contributed by atoms with van der Waals surface area (Å²) < 4.78 is 10.8. The highest BCUT2D eigenvalue weighted by atomic mass is 35.5. The minimum Gasteiger partial charge on any atom is -0.504 e. The Morgan fingerprint density at radius 3 is 2.69 bits per heavy atom. The summed E-state index contributed by atoms with van der Waals surface area (Å²) in [6.07, 6.45) is 3.01. The highest BCUT2D eigenvalue weighted by Crippen LogP contribution is 2.26. The van der Waals surface area contributed by atoms with Gasteiger partial charge in [0.2, 0.25) is 5.91 Å². The van der Waals surface area contributed by atoms with Gasteiger partial charge in [-0.15, -0.1) is 0 Å². The Balaban J connectivity index is 1.65. The van der Waals surface area contributed by atoms with Gasteiger partial charge in [0.25, 0.3) is 0 Å². The van der Waals surface area contributed by atoms with Crippen molar-refractivity contribution in [2.24, 2.45) is 0 Å². The molecule has 0 saturated carbocycles. The van der Waals surface area contributed by atoms with Crippen molar-refractivity contribution in [3.63, 3.8) is 0 Å². The Kier molecular flexibility index (Phi) is 6.76. The first-order chi connectivity index (χ1) is 14.0. The average molecular weight is 410 g/mol. The number of nitrogens with one attached hydrogen (secondary N) is 1. The number of methoxy groups -OCH3 is 1. The van der Waals surface area contributed by atoms with Crippen molar-refractivity contribution in [2.45, 2.75) is 6.61 Å². The molecule has 5 nitrogen and oxygen atoms in total. The molecule has 1 amide bonds. The summed E-state index contributed by atoms with van der Waals surface area (Å²) in [7, 11) is 1.48. The van der Waals surface area contributed by atoms with Crippen molar-refractivity contribution < 1.29 is 19.4 Å². The van der Waals surface area contributed by atoms with Crippen LogP contribution in [0.4, 0.5) is 5.69 Å². The lowest BCUT2D eigenvalue weighted by Gasteiger charge is -2.11. The topological polar surface area (TPSA) is 67.8 Å². The number of hydrogen-bond acceptors (Lipinski definition) is 4. The van der Waals surface area contributed by atoms with Gasteiger partial charge in [0, 0.05) is 22.3 Å². The predicted octanol–water partition coefficient (Wildman–Crippen LogP) is 5.29. The van der Waals surface area contributed by atoms with Crippen LogP contribution in [0.1, 0.15) is 11.1 Å². The number of carbonyl (C=O) groups is 1. The van der Waals surface area contributed by atoms with Gasteiger partial charge in [0.1, 0.15) is 12.4 Å². The van der Waals surface area contributed by atoms with Crippen LogP contribution < -0.4 is 14.8 Å². The van der Waals surface area contributed by atoms with E-state index >= 15 is 0 Å². The van der Waals surface area contributed by atoms with E-state index in [0.29, 0.717) is 27.8 Å². The van der Waals surface area contributed by atoms with Crippen LogP contribution in [0.25, 0.3) is 6.08 Å². The Hall–Kier alpha value is -3.44. The largest absolute Gasteiger partial charge is 0.504 e. The van der Waals surface area contributed by atoms with Gasteiger partial charge < -0.3 is 19.9 Å². The number of amides is 1. The molecule has 0 unspecified atom stereocenters. The molecule has 3 aromatic carbocycles. The van der Waals surface area contributed by atoms with Gasteiger partial charge in [-0.1, -0.05) is 41.9 Å². The lowest BCUT2D eigenvalue weighted by molar-refractivity contribution is -0.111. The summed E-state index contributed by atoms with van der Waals surface area (Å²) >= 11 is 5.97. The molecule has 2 N–H and O–H groups in total. The number of phenolic OH excluding ortho intramolecular Hbond substituents is 1. The van der Waals surface area contributed by atoms with Crippen molar-refractivity contribution in [1.29, 1.82) is 0 Å². The molecule has 0 saturated heterocycles. The maximum absolute atomic E-state index is 12.3. The number of para-hydroxylation sites is 1. The van der Waals surface area contributed by atoms with Crippen LogP contribution in [0.5, 0.6) is 17.2 Å². The molecule has 0 aliphatic heterocycles. The van der Waals surface area contributed by atoms with Crippen LogP contribution in [0.15, 0.2) is 72.8 Å². The number of carbonyl (C=O) groups excluding carboxylic acids is 1. The molecule has 0 aliphatic rings. The number of anilines is 1. The third-order valence-corrected chi connectivity index (χ3v) is 4.33. The molecule has 0 radical (unpaired) electrons. The molecule has 29 heavy (non-hydrogen) atoms. The van der Waals surface area contributed by atoms with E-state index in [2.05, 4.69) is 5.32 Å². The second kappa shape index (κ2) is 9.66. The fourth-order valence-corrected chi connectivity index (χ4v) is 2.82. The van der Waals surface area contributed by atoms with Gasteiger partial charge in [-0.05, 0) is 48.0 Å². The van der Waals surface area contributed by atoms with Crippen molar-refractivity contribution in [1.82, 2.24) is 0 Å². The second-order valence-corrected chi connectivity index (χ2v) is 6.59. The molecule has 0 fully saturated rings. The average Bonchev–Trinajstić information content (AvgIpc) is 2.72. The van der Waals surface area contributed by atoms with Gasteiger partial charge in [-0.2, -0.15) is 0 Å². The lowest BCUT2D eigenvalue weighted by Crippen LogP contribution is -2.10. The van der Waals surface area contributed by atoms with Crippen LogP contribution in [0, 0.1) is 0 Å². The van der Waals surface area contributed by atoms with Gasteiger partial charge in [0.05, 0.1) is 7.11 Å². The van der Waals surface area contributed by atoms with Gasteiger partial charge in [-0.25, -0.2) is 0 Å². The van der Waals surface area contributed by atoms with Gasteiger partial charge in [0.15, 0.2) is 11.5 Å². The first-order valence-corrected chi connectivity index (χ1v) is 9.25. The molecule has 0 heterocycles. The molecule has 6 heteroatoms. The Morgan fingerprint density at radius 2 is 1.93 bits per heavy atom. The summed E-state index contributed by atoms with van der Waals surface area (Å²) in [4.78, 5) is 12.3. The monoisotopic (exact) mass is 409 g/mol. The summed E-state index contributed by atoms with van der Waals surface area (Å²) in [6.45, 7) is 0.285. The van der Waals surface area contributed by atoms with Crippen LogP contribution in [-0.2, 0) is 11.4 Å². The molecule has 0 spiro atoms. The molecular formula is C23H20ClNO4. The maximum Gasteiger partial charge on any atom is 0.248 e. The van der Waals surface area contributed by atoms with Crippen LogP contribution in [0.2, 0.25) is 5.02 Å². The third kappa shape index (κ3) is 5.77. The summed E-state index contributed by atoms with van der Waals surface area (Å²) in [5, 5.41) is 13.3. The molecule has 0 atom stereocenters. The van der Waals surface area contributed by atoms with E-state index in [-0.39, 0.29) is 18.3 Å². The minimum absolute atomic E-state index is 0.0126. The molecule has 0 bridgehead atoms. The maximum atomic E-state index is 12.3. The van der Waals surface area contributed by atoms with Crippen LogP contribution in [-0.4, -0.2) is 18.1 Å². The van der Waals surface area contributed by atoms with E-state index < -0.39 is 0 Å². The summed E-state index contributed by atoms with van der Waals surface area (Å²) in [5.41, 5.74) is 2.16. The number of ether oxygens (including phenoxy) is 2. The van der Waals surface area contributed by atoms with Gasteiger partial charge in [-0.3, -0.25) is 4.79 Å². The molecule has 0 aromatic heterocycles. The highest BCUT2D eigenvalue weighted by Gasteiger charge is 2.06. The van der Waals surface area contributed by atoms with E-state index in [9.17, 15) is 9.90 Å². The zero-order valence-electron chi connectivity index (χ0n) is 15.8. The van der Waals surface area contributed by atoms with E-state index in [1.165, 1.54) is 19.3 Å². The first-order valence-electron chi connectivity index (χ1n) is 8.87. The fourth-order valence-electron chi connectivity index (χ4n) is 2.64. The van der Waals surface area contributed by atoms with E-state index in [4.69, 9.17) is 21.1 Å². The van der Waals surface area contributed by atoms with Gasteiger partial charge >= 0.3 is 0 Å². The van der Waals surface area contributed by atoms with Crippen molar-refractivity contribution >= 4 is 29.3 Å². The molecule has 3 aromatic rings. The molecule has 148 valence electrons. The number of aromatic hydroxyl groups is 1. The minimum atomic E-state index is -0.296. The smallest absolute Gasteiger partial charge is 0.248 e.